The zero-order valence-electron chi connectivity index (χ0n) is 12.1. The van der Waals surface area contributed by atoms with Crippen LogP contribution in [0.2, 0.25) is 0 Å². The van der Waals surface area contributed by atoms with Gasteiger partial charge in [0.05, 0.1) is 10.4 Å². The average molecular weight is 374 g/mol. The van der Waals surface area contributed by atoms with Gasteiger partial charge in [0.15, 0.2) is 0 Å². The molecular formula is C16H12BrN3O3. The molecule has 7 heteroatoms. The topological polar surface area (TPSA) is 77.2 Å². The fourth-order valence-electron chi connectivity index (χ4n) is 2.45. The van der Waals surface area contributed by atoms with Crippen molar-refractivity contribution in [2.45, 2.75) is 0 Å². The molecule has 0 bridgehead atoms. The van der Waals surface area contributed by atoms with Crippen LogP contribution in [0.5, 0.6) is 0 Å². The Balaban J connectivity index is 2.31. The van der Waals surface area contributed by atoms with Gasteiger partial charge in [-0.25, -0.2) is 0 Å². The Hall–Kier alpha value is -2.67. The van der Waals surface area contributed by atoms with Gasteiger partial charge >= 0.3 is 11.2 Å². The lowest BCUT2D eigenvalue weighted by molar-refractivity contribution is -0.385. The smallest absolute Gasteiger partial charge is 0.349 e. The van der Waals surface area contributed by atoms with E-state index in [0.29, 0.717) is 16.6 Å². The minimum atomic E-state index is -0.645. The van der Waals surface area contributed by atoms with Crippen molar-refractivity contribution in [1.82, 2.24) is 4.57 Å². The summed E-state index contributed by atoms with van der Waals surface area (Å²) >= 11 is 3.34. The number of nitrogens with one attached hydrogen (secondary N) is 1. The van der Waals surface area contributed by atoms with Crippen LogP contribution in [-0.2, 0) is 7.05 Å². The van der Waals surface area contributed by atoms with Gasteiger partial charge in [0.2, 0.25) is 0 Å². The number of fused-ring (bicyclic) bond motifs is 1. The first kappa shape index (κ1) is 15.2. The van der Waals surface area contributed by atoms with Gasteiger partial charge in [0, 0.05) is 22.6 Å². The monoisotopic (exact) mass is 373 g/mol. The van der Waals surface area contributed by atoms with E-state index in [-0.39, 0.29) is 5.69 Å². The van der Waals surface area contributed by atoms with Gasteiger partial charge in [0.1, 0.15) is 5.69 Å². The number of nitro groups is 1. The number of halogens is 1. The molecule has 0 aliphatic heterocycles. The number of nitrogens with zero attached hydrogens (tertiary/aromatic N) is 2. The van der Waals surface area contributed by atoms with Crippen molar-refractivity contribution in [3.63, 3.8) is 0 Å². The van der Waals surface area contributed by atoms with Crippen LogP contribution in [0.3, 0.4) is 0 Å². The predicted octanol–water partition coefficient (Wildman–Crippen LogP) is 3.95. The van der Waals surface area contributed by atoms with Crippen LogP contribution in [0, 0.1) is 10.1 Å². The summed E-state index contributed by atoms with van der Waals surface area (Å²) in [6.45, 7) is 0. The molecule has 1 aromatic heterocycles. The maximum Gasteiger partial charge on any atom is 0.357 e. The minimum Gasteiger partial charge on any atom is -0.349 e. The summed E-state index contributed by atoms with van der Waals surface area (Å²) in [5, 5.41) is 15.1. The van der Waals surface area contributed by atoms with Gasteiger partial charge in [0.25, 0.3) is 0 Å². The summed E-state index contributed by atoms with van der Waals surface area (Å²) in [5.41, 5.74) is 0.385. The number of hydrogen-bond acceptors (Lipinski definition) is 4. The number of para-hydroxylation sites is 1. The number of aromatic nitrogens is 1. The van der Waals surface area contributed by atoms with E-state index < -0.39 is 16.2 Å². The first-order valence-corrected chi connectivity index (χ1v) is 7.57. The Kier molecular flexibility index (Phi) is 3.87. The van der Waals surface area contributed by atoms with Crippen LogP contribution in [0.1, 0.15) is 0 Å². The molecule has 0 unspecified atom stereocenters. The molecule has 3 aromatic rings. The van der Waals surface area contributed by atoms with E-state index in [0.717, 1.165) is 4.47 Å². The third-order valence-corrected chi connectivity index (χ3v) is 4.10. The number of aryl methyl sites for hydroxylation is 1. The number of hydrogen-bond donors (Lipinski definition) is 1. The highest BCUT2D eigenvalue weighted by molar-refractivity contribution is 9.10. The van der Waals surface area contributed by atoms with Crippen LogP contribution in [0.4, 0.5) is 17.1 Å². The quantitative estimate of drug-likeness (QED) is 0.556. The standard InChI is InChI=1S/C16H12BrN3O3/c1-19-13-5-3-2-4-12(13)14(15(16(19)21)20(22)23)18-11-8-6-10(17)7-9-11/h2-9,18H,1H3. The van der Waals surface area contributed by atoms with Crippen LogP contribution in [0.25, 0.3) is 10.9 Å². The summed E-state index contributed by atoms with van der Waals surface area (Å²) in [7, 11) is 1.53. The zero-order chi connectivity index (χ0) is 16.6. The molecule has 0 aliphatic carbocycles. The fraction of sp³-hybridized carbons (Fsp3) is 0.0625. The van der Waals surface area contributed by atoms with E-state index in [1.54, 1.807) is 36.4 Å². The molecule has 3 rings (SSSR count). The lowest BCUT2D eigenvalue weighted by Crippen LogP contribution is -2.21. The molecule has 0 saturated heterocycles. The fourth-order valence-corrected chi connectivity index (χ4v) is 2.72. The van der Waals surface area contributed by atoms with Gasteiger partial charge < -0.3 is 9.88 Å². The first-order chi connectivity index (χ1) is 11.0. The molecule has 0 radical (unpaired) electrons. The van der Waals surface area contributed by atoms with E-state index in [2.05, 4.69) is 21.2 Å². The Morgan fingerprint density at radius 1 is 1.13 bits per heavy atom. The minimum absolute atomic E-state index is 0.205. The van der Waals surface area contributed by atoms with E-state index in [9.17, 15) is 14.9 Å². The van der Waals surface area contributed by atoms with Crippen molar-refractivity contribution < 1.29 is 4.92 Å². The molecule has 0 spiro atoms. The molecule has 116 valence electrons. The van der Waals surface area contributed by atoms with E-state index >= 15 is 0 Å². The van der Waals surface area contributed by atoms with E-state index in [1.807, 2.05) is 12.1 Å². The number of anilines is 2. The number of pyridine rings is 1. The van der Waals surface area contributed by atoms with E-state index in [1.165, 1.54) is 11.6 Å². The maximum absolute atomic E-state index is 12.4. The van der Waals surface area contributed by atoms with Crippen LogP contribution < -0.4 is 10.9 Å². The summed E-state index contributed by atoms with van der Waals surface area (Å²) in [6, 6.07) is 14.3. The second kappa shape index (κ2) is 5.85. The SMILES string of the molecule is Cn1c(=O)c([N+](=O)[O-])c(Nc2ccc(Br)cc2)c2ccccc21. The van der Waals surface area contributed by atoms with Crippen molar-refractivity contribution in [3.05, 3.63) is 73.5 Å². The molecule has 2 aromatic carbocycles. The molecule has 0 fully saturated rings. The van der Waals surface area contributed by atoms with Gasteiger partial charge in [-0.2, -0.15) is 0 Å². The third kappa shape index (κ3) is 2.70. The molecule has 0 atom stereocenters. The Morgan fingerprint density at radius 2 is 1.78 bits per heavy atom. The van der Waals surface area contributed by atoms with E-state index in [4.69, 9.17) is 0 Å². The van der Waals surface area contributed by atoms with Gasteiger partial charge in [-0.1, -0.05) is 34.1 Å². The highest BCUT2D eigenvalue weighted by Gasteiger charge is 2.24. The molecule has 23 heavy (non-hydrogen) atoms. The second-order valence-electron chi connectivity index (χ2n) is 4.99. The lowest BCUT2D eigenvalue weighted by atomic mass is 10.1. The van der Waals surface area contributed by atoms with Gasteiger partial charge in [-0.05, 0) is 30.3 Å². The Labute approximate surface area is 139 Å². The van der Waals surface area contributed by atoms with Crippen LogP contribution in [0.15, 0.2) is 57.8 Å². The molecule has 6 nitrogen and oxygen atoms in total. The average Bonchev–Trinajstić information content (AvgIpc) is 2.54. The Bertz CT molecular complexity index is 965. The second-order valence-corrected chi connectivity index (χ2v) is 5.91. The summed E-state index contributed by atoms with van der Waals surface area (Å²) < 4.78 is 2.19. The summed E-state index contributed by atoms with van der Waals surface area (Å²) in [5.74, 6) is 0. The molecule has 1 N–H and O–H groups in total. The summed E-state index contributed by atoms with van der Waals surface area (Å²) in [6.07, 6.45) is 0. The highest BCUT2D eigenvalue weighted by atomic mass is 79.9. The molecule has 0 saturated carbocycles. The maximum atomic E-state index is 12.4. The summed E-state index contributed by atoms with van der Waals surface area (Å²) in [4.78, 5) is 23.1. The van der Waals surface area contributed by atoms with Crippen LogP contribution >= 0.6 is 15.9 Å². The van der Waals surface area contributed by atoms with Crippen molar-refractivity contribution in [2.24, 2.45) is 7.05 Å². The molecule has 0 amide bonds. The molecular weight excluding hydrogens is 362 g/mol. The lowest BCUT2D eigenvalue weighted by Gasteiger charge is -2.13. The van der Waals surface area contributed by atoms with Crippen molar-refractivity contribution in [2.75, 3.05) is 5.32 Å². The predicted molar refractivity (Wildman–Crippen MR) is 93.3 cm³/mol. The van der Waals surface area contributed by atoms with Crippen LogP contribution in [-0.4, -0.2) is 9.49 Å². The van der Waals surface area contributed by atoms with Gasteiger partial charge in [-0.3, -0.25) is 14.9 Å². The molecule has 1 heterocycles. The number of rotatable bonds is 3. The van der Waals surface area contributed by atoms with Crippen molar-refractivity contribution >= 4 is 43.9 Å². The normalized spacial score (nSPS) is 10.7. The third-order valence-electron chi connectivity index (χ3n) is 3.57. The molecule has 0 aliphatic rings. The van der Waals surface area contributed by atoms with Crippen molar-refractivity contribution in [3.8, 4) is 0 Å². The van der Waals surface area contributed by atoms with Gasteiger partial charge in [-0.15, -0.1) is 0 Å². The number of benzene rings is 2. The Morgan fingerprint density at radius 3 is 2.43 bits per heavy atom. The van der Waals surface area contributed by atoms with Crippen molar-refractivity contribution in [1.29, 1.82) is 0 Å². The largest absolute Gasteiger partial charge is 0.357 e. The highest BCUT2D eigenvalue weighted by Crippen LogP contribution is 2.32. The first-order valence-electron chi connectivity index (χ1n) is 6.78. The zero-order valence-corrected chi connectivity index (χ0v) is 13.7.